The van der Waals surface area contributed by atoms with E-state index in [1.807, 2.05) is 48.7 Å². The molecular weight excluding hydrogens is 415 g/mol. The SMILES string of the molecule is CC(=O)C(NC(=O)CSc1nnc(-c2ccc(F)cc2)n1Cc1ccccc1)C(C)C. The lowest BCUT2D eigenvalue weighted by Crippen LogP contribution is -2.44. The second-order valence-corrected chi connectivity index (χ2v) is 8.52. The van der Waals surface area contributed by atoms with E-state index in [0.717, 1.165) is 11.1 Å². The van der Waals surface area contributed by atoms with Crippen molar-refractivity contribution in [3.05, 3.63) is 66.0 Å². The van der Waals surface area contributed by atoms with Crippen LogP contribution in [0.3, 0.4) is 0 Å². The fourth-order valence-electron chi connectivity index (χ4n) is 3.20. The van der Waals surface area contributed by atoms with Crippen molar-refractivity contribution in [1.82, 2.24) is 20.1 Å². The third-order valence-electron chi connectivity index (χ3n) is 4.76. The third kappa shape index (κ3) is 6.01. The number of benzene rings is 2. The Morgan fingerprint density at radius 2 is 1.74 bits per heavy atom. The lowest BCUT2D eigenvalue weighted by molar-refractivity contribution is -0.126. The normalized spacial score (nSPS) is 12.0. The van der Waals surface area contributed by atoms with Gasteiger partial charge in [-0.1, -0.05) is 55.9 Å². The zero-order valence-electron chi connectivity index (χ0n) is 17.7. The molecule has 3 aromatic rings. The minimum absolute atomic E-state index is 0.0123. The van der Waals surface area contributed by atoms with Crippen LogP contribution in [0.1, 0.15) is 26.3 Å². The molecule has 0 fully saturated rings. The Balaban J connectivity index is 1.81. The fraction of sp³-hybridized carbons (Fsp3) is 0.304. The van der Waals surface area contributed by atoms with Crippen LogP contribution in [0.15, 0.2) is 59.8 Å². The van der Waals surface area contributed by atoms with Gasteiger partial charge in [0, 0.05) is 5.56 Å². The van der Waals surface area contributed by atoms with Crippen molar-refractivity contribution in [3.63, 3.8) is 0 Å². The Kier molecular flexibility index (Phi) is 7.57. The zero-order chi connectivity index (χ0) is 22.4. The van der Waals surface area contributed by atoms with E-state index >= 15 is 0 Å². The number of hydrogen-bond acceptors (Lipinski definition) is 5. The van der Waals surface area contributed by atoms with Crippen molar-refractivity contribution >= 4 is 23.5 Å². The van der Waals surface area contributed by atoms with Gasteiger partial charge in [0.25, 0.3) is 0 Å². The van der Waals surface area contributed by atoms with E-state index in [2.05, 4.69) is 15.5 Å². The zero-order valence-corrected chi connectivity index (χ0v) is 18.5. The number of halogens is 1. The summed E-state index contributed by atoms with van der Waals surface area (Å²) in [4.78, 5) is 24.2. The number of Topliss-reactive ketones (excluding diaryl/α,β-unsaturated/α-hetero) is 1. The molecule has 3 rings (SSSR count). The van der Waals surface area contributed by atoms with Crippen molar-refractivity contribution < 1.29 is 14.0 Å². The quantitative estimate of drug-likeness (QED) is 0.510. The van der Waals surface area contributed by atoms with Crippen molar-refractivity contribution in [1.29, 1.82) is 0 Å². The van der Waals surface area contributed by atoms with Crippen LogP contribution in [0.2, 0.25) is 0 Å². The summed E-state index contributed by atoms with van der Waals surface area (Å²) in [6.45, 7) is 5.77. The minimum Gasteiger partial charge on any atom is -0.345 e. The van der Waals surface area contributed by atoms with Gasteiger partial charge < -0.3 is 5.32 Å². The molecule has 0 aliphatic carbocycles. The van der Waals surface area contributed by atoms with E-state index in [4.69, 9.17) is 0 Å². The highest BCUT2D eigenvalue weighted by molar-refractivity contribution is 7.99. The number of carbonyl (C=O) groups is 2. The molecule has 1 heterocycles. The average molecular weight is 441 g/mol. The van der Waals surface area contributed by atoms with Crippen LogP contribution < -0.4 is 5.32 Å². The van der Waals surface area contributed by atoms with E-state index in [9.17, 15) is 14.0 Å². The summed E-state index contributed by atoms with van der Waals surface area (Å²) >= 11 is 1.25. The topological polar surface area (TPSA) is 76.9 Å². The van der Waals surface area contributed by atoms with Gasteiger partial charge in [-0.15, -0.1) is 10.2 Å². The molecule has 1 N–H and O–H groups in total. The molecule has 0 spiro atoms. The molecule has 6 nitrogen and oxygen atoms in total. The Morgan fingerprint density at radius 3 is 2.35 bits per heavy atom. The summed E-state index contributed by atoms with van der Waals surface area (Å²) in [5, 5.41) is 11.9. The maximum atomic E-state index is 13.4. The second-order valence-electron chi connectivity index (χ2n) is 7.57. The highest BCUT2D eigenvalue weighted by atomic mass is 32.2. The standard InChI is InChI=1S/C23H25FN4O2S/c1-15(2)21(16(3)29)25-20(30)14-31-23-27-26-22(18-9-11-19(24)12-10-18)28(23)13-17-7-5-4-6-8-17/h4-12,15,21H,13-14H2,1-3H3,(H,25,30). The van der Waals surface area contributed by atoms with Gasteiger partial charge >= 0.3 is 0 Å². The third-order valence-corrected chi connectivity index (χ3v) is 5.72. The summed E-state index contributed by atoms with van der Waals surface area (Å²) in [5.74, 6) is 0.0751. The first-order chi connectivity index (χ1) is 14.8. The monoisotopic (exact) mass is 440 g/mol. The summed E-state index contributed by atoms with van der Waals surface area (Å²) in [7, 11) is 0. The molecular formula is C23H25FN4O2S. The van der Waals surface area contributed by atoms with Gasteiger partial charge in [-0.3, -0.25) is 14.2 Å². The maximum absolute atomic E-state index is 13.4. The molecule has 1 unspecified atom stereocenters. The highest BCUT2D eigenvalue weighted by Crippen LogP contribution is 2.25. The Hall–Kier alpha value is -3.00. The predicted octanol–water partition coefficient (Wildman–Crippen LogP) is 3.95. The first-order valence-electron chi connectivity index (χ1n) is 10.0. The molecule has 0 aliphatic rings. The second kappa shape index (κ2) is 10.3. The van der Waals surface area contributed by atoms with Crippen molar-refractivity contribution in [2.75, 3.05) is 5.75 Å². The molecule has 0 saturated carbocycles. The Bertz CT molecular complexity index is 1040. The molecule has 1 amide bonds. The average Bonchev–Trinajstić information content (AvgIpc) is 3.13. The number of amides is 1. The number of hydrogen-bond donors (Lipinski definition) is 1. The molecule has 31 heavy (non-hydrogen) atoms. The van der Waals surface area contributed by atoms with Gasteiger partial charge in [0.1, 0.15) is 5.82 Å². The molecule has 0 radical (unpaired) electrons. The number of nitrogens with zero attached hydrogens (tertiary/aromatic N) is 3. The Morgan fingerprint density at radius 1 is 1.06 bits per heavy atom. The predicted molar refractivity (Wildman–Crippen MR) is 119 cm³/mol. The van der Waals surface area contributed by atoms with Gasteiger partial charge in [-0.2, -0.15) is 0 Å². The lowest BCUT2D eigenvalue weighted by Gasteiger charge is -2.19. The van der Waals surface area contributed by atoms with E-state index in [-0.39, 0.29) is 29.2 Å². The molecule has 2 aromatic carbocycles. The fourth-order valence-corrected chi connectivity index (χ4v) is 3.95. The summed E-state index contributed by atoms with van der Waals surface area (Å²) in [6, 6.07) is 15.4. The van der Waals surface area contributed by atoms with Crippen LogP contribution in [-0.4, -0.2) is 38.2 Å². The van der Waals surface area contributed by atoms with Crippen LogP contribution in [0.4, 0.5) is 4.39 Å². The molecule has 0 bridgehead atoms. The van der Waals surface area contributed by atoms with Gasteiger partial charge in [-0.25, -0.2) is 4.39 Å². The van der Waals surface area contributed by atoms with Crippen LogP contribution in [0.5, 0.6) is 0 Å². The van der Waals surface area contributed by atoms with Gasteiger partial charge in [0.15, 0.2) is 16.8 Å². The largest absolute Gasteiger partial charge is 0.345 e. The van der Waals surface area contributed by atoms with Gasteiger partial charge in [-0.05, 0) is 42.7 Å². The number of nitrogens with one attached hydrogen (secondary N) is 1. The van der Waals surface area contributed by atoms with Gasteiger partial charge in [0.05, 0.1) is 18.3 Å². The molecule has 0 saturated heterocycles. The number of aromatic nitrogens is 3. The van der Waals surface area contributed by atoms with Crippen LogP contribution in [-0.2, 0) is 16.1 Å². The van der Waals surface area contributed by atoms with E-state index < -0.39 is 6.04 Å². The number of ketones is 1. The Labute approximate surface area is 185 Å². The first-order valence-corrected chi connectivity index (χ1v) is 11.0. The molecule has 1 atom stereocenters. The number of carbonyl (C=O) groups excluding carboxylic acids is 2. The van der Waals surface area contributed by atoms with E-state index in [1.165, 1.54) is 30.8 Å². The maximum Gasteiger partial charge on any atom is 0.231 e. The number of thioether (sulfide) groups is 1. The minimum atomic E-state index is -0.509. The summed E-state index contributed by atoms with van der Waals surface area (Å²) < 4.78 is 15.3. The van der Waals surface area contributed by atoms with E-state index in [1.54, 1.807) is 12.1 Å². The highest BCUT2D eigenvalue weighted by Gasteiger charge is 2.22. The molecule has 1 aromatic heterocycles. The van der Waals surface area contributed by atoms with Crippen LogP contribution in [0, 0.1) is 11.7 Å². The summed E-state index contributed by atoms with van der Waals surface area (Å²) in [5.41, 5.74) is 1.78. The van der Waals surface area contributed by atoms with Crippen molar-refractivity contribution in [3.8, 4) is 11.4 Å². The molecule has 162 valence electrons. The van der Waals surface area contributed by atoms with Crippen molar-refractivity contribution in [2.45, 2.75) is 38.5 Å². The smallest absolute Gasteiger partial charge is 0.231 e. The van der Waals surface area contributed by atoms with Gasteiger partial charge in [0.2, 0.25) is 5.91 Å². The van der Waals surface area contributed by atoms with Crippen molar-refractivity contribution in [2.24, 2.45) is 5.92 Å². The summed E-state index contributed by atoms with van der Waals surface area (Å²) in [6.07, 6.45) is 0. The molecule has 8 heteroatoms. The van der Waals surface area contributed by atoms with E-state index in [0.29, 0.717) is 17.5 Å². The molecule has 0 aliphatic heterocycles. The first kappa shape index (κ1) is 22.7. The lowest BCUT2D eigenvalue weighted by atomic mass is 10.0. The number of rotatable bonds is 9. The van der Waals surface area contributed by atoms with Crippen LogP contribution >= 0.6 is 11.8 Å². The van der Waals surface area contributed by atoms with Crippen LogP contribution in [0.25, 0.3) is 11.4 Å².